The highest BCUT2D eigenvalue weighted by molar-refractivity contribution is 7.89. The van der Waals surface area contributed by atoms with E-state index in [-0.39, 0.29) is 23.6 Å². The van der Waals surface area contributed by atoms with Crippen LogP contribution in [0, 0.1) is 6.92 Å². The van der Waals surface area contributed by atoms with E-state index in [2.05, 4.69) is 23.3 Å². The second-order valence-electron chi connectivity index (χ2n) is 6.41. The minimum atomic E-state index is -3.76. The van der Waals surface area contributed by atoms with E-state index >= 15 is 0 Å². The molecular weight excluding hydrogens is 366 g/mol. The largest absolute Gasteiger partial charge is 0.492 e. The van der Waals surface area contributed by atoms with Crippen LogP contribution < -0.4 is 9.46 Å². The van der Waals surface area contributed by atoms with E-state index in [1.165, 1.54) is 19.2 Å². The van der Waals surface area contributed by atoms with E-state index < -0.39 is 16.0 Å². The molecule has 2 aromatic carbocycles. The molecule has 0 aliphatic heterocycles. The molecule has 27 heavy (non-hydrogen) atoms. The smallest absolute Gasteiger partial charge is 0.338 e. The molecule has 0 atom stereocenters. The van der Waals surface area contributed by atoms with E-state index in [1.807, 2.05) is 24.3 Å². The van der Waals surface area contributed by atoms with Gasteiger partial charge >= 0.3 is 5.97 Å². The van der Waals surface area contributed by atoms with Crippen LogP contribution in [0.5, 0.6) is 5.75 Å². The summed E-state index contributed by atoms with van der Waals surface area (Å²) in [6.07, 6.45) is 0. The monoisotopic (exact) mass is 391 g/mol. The average molecular weight is 391 g/mol. The van der Waals surface area contributed by atoms with E-state index in [1.54, 1.807) is 13.0 Å². The summed E-state index contributed by atoms with van der Waals surface area (Å²) in [5, 5.41) is 0. The molecule has 0 unspecified atom stereocenters. The van der Waals surface area contributed by atoms with Crippen LogP contribution in [-0.2, 0) is 14.8 Å². The number of para-hydroxylation sites is 1. The molecule has 0 fully saturated rings. The van der Waals surface area contributed by atoms with Gasteiger partial charge in [-0.2, -0.15) is 0 Å². The zero-order chi connectivity index (χ0) is 20.0. The van der Waals surface area contributed by atoms with Crippen molar-refractivity contribution in [3.8, 4) is 5.75 Å². The zero-order valence-electron chi connectivity index (χ0n) is 16.0. The van der Waals surface area contributed by atoms with Crippen molar-refractivity contribution in [1.82, 2.24) is 4.72 Å². The number of methoxy groups -OCH3 is 1. The van der Waals surface area contributed by atoms with Gasteiger partial charge in [0.15, 0.2) is 0 Å². The molecule has 0 saturated heterocycles. The summed E-state index contributed by atoms with van der Waals surface area (Å²) in [5.41, 5.74) is 1.94. The van der Waals surface area contributed by atoms with Crippen molar-refractivity contribution in [2.75, 3.05) is 20.3 Å². The number of carbonyl (C=O) groups is 1. The molecule has 2 aromatic rings. The van der Waals surface area contributed by atoms with E-state index in [0.29, 0.717) is 11.5 Å². The number of aryl methyl sites for hydroxylation is 1. The van der Waals surface area contributed by atoms with Gasteiger partial charge in [0.05, 0.1) is 17.6 Å². The van der Waals surface area contributed by atoms with Gasteiger partial charge in [-0.25, -0.2) is 17.9 Å². The Morgan fingerprint density at radius 2 is 1.85 bits per heavy atom. The van der Waals surface area contributed by atoms with Gasteiger partial charge in [0, 0.05) is 6.54 Å². The van der Waals surface area contributed by atoms with Crippen LogP contribution in [-0.4, -0.2) is 34.6 Å². The zero-order valence-corrected chi connectivity index (χ0v) is 16.8. The SMILES string of the molecule is COC(=O)c1cc(S(=O)(=O)NCCOc2ccccc2C(C)C)ccc1C. The van der Waals surface area contributed by atoms with Crippen molar-refractivity contribution in [3.63, 3.8) is 0 Å². The minimum absolute atomic E-state index is 0.0103. The number of nitrogens with one attached hydrogen (secondary N) is 1. The summed E-state index contributed by atoms with van der Waals surface area (Å²) in [5.74, 6) is 0.482. The fourth-order valence-corrected chi connectivity index (χ4v) is 3.65. The lowest BCUT2D eigenvalue weighted by molar-refractivity contribution is 0.0599. The predicted octanol–water partition coefficient (Wildman–Crippen LogP) is 3.26. The molecule has 0 radical (unpaired) electrons. The average Bonchev–Trinajstić information content (AvgIpc) is 2.65. The van der Waals surface area contributed by atoms with Crippen molar-refractivity contribution in [1.29, 1.82) is 0 Å². The van der Waals surface area contributed by atoms with Crippen molar-refractivity contribution >= 4 is 16.0 Å². The van der Waals surface area contributed by atoms with Crippen molar-refractivity contribution < 1.29 is 22.7 Å². The molecular formula is C20H25NO5S. The maximum atomic E-state index is 12.5. The highest BCUT2D eigenvalue weighted by atomic mass is 32.2. The number of sulfonamides is 1. The van der Waals surface area contributed by atoms with E-state index in [9.17, 15) is 13.2 Å². The molecule has 7 heteroatoms. The van der Waals surface area contributed by atoms with Crippen molar-refractivity contribution in [3.05, 3.63) is 59.2 Å². The molecule has 0 saturated carbocycles. The van der Waals surface area contributed by atoms with Crippen LogP contribution in [0.2, 0.25) is 0 Å². The Hall–Kier alpha value is -2.38. The molecule has 1 N–H and O–H groups in total. The number of esters is 1. The maximum absolute atomic E-state index is 12.5. The molecule has 6 nitrogen and oxygen atoms in total. The van der Waals surface area contributed by atoms with Gasteiger partial charge < -0.3 is 9.47 Å². The lowest BCUT2D eigenvalue weighted by atomic mass is 10.0. The molecule has 0 aromatic heterocycles. The number of benzene rings is 2. The van der Waals surface area contributed by atoms with Crippen LogP contribution in [0.25, 0.3) is 0 Å². The molecule has 2 rings (SSSR count). The minimum Gasteiger partial charge on any atom is -0.492 e. The normalized spacial score (nSPS) is 11.4. The summed E-state index contributed by atoms with van der Waals surface area (Å²) >= 11 is 0. The molecule has 0 amide bonds. The lowest BCUT2D eigenvalue weighted by Gasteiger charge is -2.14. The van der Waals surface area contributed by atoms with Gasteiger partial charge in [0.25, 0.3) is 0 Å². The first kappa shape index (κ1) is 20.9. The number of ether oxygens (including phenoxy) is 2. The lowest BCUT2D eigenvalue weighted by Crippen LogP contribution is -2.28. The van der Waals surface area contributed by atoms with E-state index in [0.717, 1.165) is 11.3 Å². The van der Waals surface area contributed by atoms with Crippen LogP contribution in [0.3, 0.4) is 0 Å². The Kier molecular flexibility index (Phi) is 6.98. The van der Waals surface area contributed by atoms with E-state index in [4.69, 9.17) is 4.74 Å². The Bertz CT molecular complexity index is 906. The van der Waals surface area contributed by atoms with Crippen LogP contribution in [0.15, 0.2) is 47.4 Å². The first-order chi connectivity index (χ1) is 12.8. The summed E-state index contributed by atoms with van der Waals surface area (Å²) < 4.78 is 37.9. The van der Waals surface area contributed by atoms with Gasteiger partial charge in [-0.15, -0.1) is 0 Å². The van der Waals surface area contributed by atoms with Crippen molar-refractivity contribution in [2.24, 2.45) is 0 Å². The standard InChI is InChI=1S/C20H25NO5S/c1-14(2)17-7-5-6-8-19(17)26-12-11-21-27(23,24)16-10-9-15(3)18(13-16)20(22)25-4/h5-10,13-14,21H,11-12H2,1-4H3. The molecule has 0 heterocycles. The second-order valence-corrected chi connectivity index (χ2v) is 8.17. The Balaban J connectivity index is 2.03. The number of hydrogen-bond donors (Lipinski definition) is 1. The highest BCUT2D eigenvalue weighted by Crippen LogP contribution is 2.25. The van der Waals surface area contributed by atoms with Gasteiger partial charge in [0.2, 0.25) is 10.0 Å². The summed E-state index contributed by atoms with van der Waals surface area (Å²) in [6, 6.07) is 12.0. The van der Waals surface area contributed by atoms with Gasteiger partial charge in [-0.1, -0.05) is 38.1 Å². The Labute approximate surface area is 160 Å². The summed E-state index contributed by atoms with van der Waals surface area (Å²) in [7, 11) is -2.50. The quantitative estimate of drug-likeness (QED) is 0.552. The Morgan fingerprint density at radius 3 is 2.52 bits per heavy atom. The third-order valence-electron chi connectivity index (χ3n) is 4.12. The molecule has 0 aliphatic carbocycles. The second kappa shape index (κ2) is 9.01. The summed E-state index contributed by atoms with van der Waals surface area (Å²) in [6.45, 7) is 6.16. The molecule has 146 valence electrons. The third-order valence-corrected chi connectivity index (χ3v) is 5.58. The fourth-order valence-electron chi connectivity index (χ4n) is 2.61. The molecule has 0 aliphatic rings. The number of hydrogen-bond acceptors (Lipinski definition) is 5. The molecule has 0 bridgehead atoms. The fraction of sp³-hybridized carbons (Fsp3) is 0.350. The van der Waals surface area contributed by atoms with Crippen LogP contribution >= 0.6 is 0 Å². The van der Waals surface area contributed by atoms with Crippen LogP contribution in [0.1, 0.15) is 41.3 Å². The number of carbonyl (C=O) groups excluding carboxylic acids is 1. The topological polar surface area (TPSA) is 81.7 Å². The van der Waals surface area contributed by atoms with Crippen molar-refractivity contribution in [2.45, 2.75) is 31.6 Å². The maximum Gasteiger partial charge on any atom is 0.338 e. The molecule has 0 spiro atoms. The highest BCUT2D eigenvalue weighted by Gasteiger charge is 2.18. The third kappa shape index (κ3) is 5.30. The van der Waals surface area contributed by atoms with Crippen LogP contribution in [0.4, 0.5) is 0 Å². The predicted molar refractivity (Wildman–Crippen MR) is 104 cm³/mol. The summed E-state index contributed by atoms with van der Waals surface area (Å²) in [4.78, 5) is 11.8. The first-order valence-corrected chi connectivity index (χ1v) is 10.1. The van der Waals surface area contributed by atoms with Gasteiger partial charge in [-0.05, 0) is 42.2 Å². The van der Waals surface area contributed by atoms with Gasteiger partial charge in [-0.3, -0.25) is 0 Å². The Morgan fingerprint density at radius 1 is 1.15 bits per heavy atom. The number of rotatable bonds is 8. The van der Waals surface area contributed by atoms with Gasteiger partial charge in [0.1, 0.15) is 12.4 Å². The first-order valence-electron chi connectivity index (χ1n) is 8.66.